The Kier molecular flexibility index (Phi) is 4.71. The van der Waals surface area contributed by atoms with E-state index in [0.29, 0.717) is 24.4 Å². The lowest BCUT2D eigenvalue weighted by Gasteiger charge is -2.16. The van der Waals surface area contributed by atoms with Gasteiger partial charge in [0.05, 0.1) is 24.9 Å². The highest BCUT2D eigenvalue weighted by Crippen LogP contribution is 2.23. The van der Waals surface area contributed by atoms with Crippen LogP contribution in [-0.4, -0.2) is 35.4 Å². The number of carbonyl (C=O) groups excluding carboxylic acids is 2. The Balaban J connectivity index is 1.96. The summed E-state index contributed by atoms with van der Waals surface area (Å²) in [5.74, 6) is 0.272. The third-order valence-electron chi connectivity index (χ3n) is 3.59. The first-order valence-electron chi connectivity index (χ1n) is 6.95. The first-order chi connectivity index (χ1) is 9.63. The molecule has 108 valence electrons. The van der Waals surface area contributed by atoms with Gasteiger partial charge in [-0.15, -0.1) is 0 Å². The molecule has 1 amide bonds. The molecule has 2 heterocycles. The number of rotatable bonds is 5. The molecule has 1 aliphatic rings. The minimum atomic E-state index is -0.399. The average Bonchev–Trinajstić information content (AvgIpc) is 2.79. The van der Waals surface area contributed by atoms with Crippen LogP contribution in [0.2, 0.25) is 0 Å². The van der Waals surface area contributed by atoms with Gasteiger partial charge < -0.3 is 9.64 Å². The zero-order chi connectivity index (χ0) is 14.5. The number of carbonyl (C=O) groups is 2. The van der Waals surface area contributed by atoms with Crippen LogP contribution in [0.25, 0.3) is 0 Å². The number of ether oxygens (including phenoxy) is 1. The van der Waals surface area contributed by atoms with Gasteiger partial charge in [0.2, 0.25) is 5.91 Å². The van der Waals surface area contributed by atoms with Crippen LogP contribution in [0.15, 0.2) is 18.3 Å². The summed E-state index contributed by atoms with van der Waals surface area (Å²) in [7, 11) is 1.34. The highest BCUT2D eigenvalue weighted by molar-refractivity contribution is 5.88. The van der Waals surface area contributed by atoms with Crippen molar-refractivity contribution in [2.75, 3.05) is 13.7 Å². The predicted molar refractivity (Wildman–Crippen MR) is 74.0 cm³/mol. The van der Waals surface area contributed by atoms with Gasteiger partial charge in [-0.1, -0.05) is 13.3 Å². The molecule has 1 aromatic rings. The Morgan fingerprint density at radius 2 is 2.30 bits per heavy atom. The molecule has 1 fully saturated rings. The van der Waals surface area contributed by atoms with Crippen LogP contribution in [0.3, 0.4) is 0 Å². The number of amides is 1. The predicted octanol–water partition coefficient (Wildman–Crippen LogP) is 2.02. The van der Waals surface area contributed by atoms with Crippen molar-refractivity contribution >= 4 is 11.9 Å². The van der Waals surface area contributed by atoms with E-state index in [1.54, 1.807) is 12.1 Å². The maximum absolute atomic E-state index is 11.9. The smallest absolute Gasteiger partial charge is 0.339 e. The van der Waals surface area contributed by atoms with Gasteiger partial charge in [-0.3, -0.25) is 9.78 Å². The lowest BCUT2D eigenvalue weighted by molar-refractivity contribution is -0.128. The number of esters is 1. The maximum atomic E-state index is 11.9. The highest BCUT2D eigenvalue weighted by Gasteiger charge is 2.28. The Bertz CT molecular complexity index is 484. The number of hydrogen-bond donors (Lipinski definition) is 0. The lowest BCUT2D eigenvalue weighted by atomic mass is 10.0. The van der Waals surface area contributed by atoms with E-state index < -0.39 is 5.97 Å². The second kappa shape index (κ2) is 6.50. The molecule has 0 bridgehead atoms. The van der Waals surface area contributed by atoms with Crippen LogP contribution in [0, 0.1) is 5.92 Å². The molecule has 5 nitrogen and oxygen atoms in total. The molecule has 0 N–H and O–H groups in total. The lowest BCUT2D eigenvalue weighted by Crippen LogP contribution is -2.25. The van der Waals surface area contributed by atoms with Crippen molar-refractivity contribution in [2.45, 2.75) is 32.7 Å². The van der Waals surface area contributed by atoms with E-state index in [4.69, 9.17) is 0 Å². The van der Waals surface area contributed by atoms with Crippen LogP contribution in [0.5, 0.6) is 0 Å². The first-order valence-corrected chi connectivity index (χ1v) is 6.95. The molecule has 0 saturated carbocycles. The van der Waals surface area contributed by atoms with Crippen molar-refractivity contribution in [3.05, 3.63) is 29.6 Å². The molecule has 5 heteroatoms. The van der Waals surface area contributed by atoms with Crippen LogP contribution in [0.4, 0.5) is 0 Å². The zero-order valence-electron chi connectivity index (χ0n) is 12.0. The zero-order valence-corrected chi connectivity index (χ0v) is 12.0. The summed E-state index contributed by atoms with van der Waals surface area (Å²) in [5, 5.41) is 0. The van der Waals surface area contributed by atoms with Crippen LogP contribution >= 0.6 is 0 Å². The summed E-state index contributed by atoms with van der Waals surface area (Å²) in [6, 6.07) is 3.45. The third-order valence-corrected chi connectivity index (χ3v) is 3.59. The largest absolute Gasteiger partial charge is 0.465 e. The molecule has 1 unspecified atom stereocenters. The average molecular weight is 276 g/mol. The van der Waals surface area contributed by atoms with Crippen molar-refractivity contribution < 1.29 is 14.3 Å². The van der Waals surface area contributed by atoms with Gasteiger partial charge in [0.25, 0.3) is 0 Å². The number of aromatic nitrogens is 1. The summed E-state index contributed by atoms with van der Waals surface area (Å²) < 4.78 is 4.62. The maximum Gasteiger partial charge on any atom is 0.339 e. The van der Waals surface area contributed by atoms with Gasteiger partial charge >= 0.3 is 5.97 Å². The molecule has 1 atom stereocenters. The fraction of sp³-hybridized carbons (Fsp3) is 0.533. The monoisotopic (exact) mass is 276 g/mol. The van der Waals surface area contributed by atoms with Gasteiger partial charge in [0, 0.05) is 19.2 Å². The van der Waals surface area contributed by atoms with E-state index in [-0.39, 0.29) is 5.91 Å². The van der Waals surface area contributed by atoms with E-state index in [9.17, 15) is 9.59 Å². The Morgan fingerprint density at radius 3 is 2.90 bits per heavy atom. The molecule has 0 aliphatic carbocycles. The van der Waals surface area contributed by atoms with E-state index in [2.05, 4.69) is 16.6 Å². The fourth-order valence-electron chi connectivity index (χ4n) is 2.56. The number of pyridine rings is 1. The number of methoxy groups -OCH3 is 1. The number of nitrogens with zero attached hydrogens (tertiary/aromatic N) is 2. The van der Waals surface area contributed by atoms with Gasteiger partial charge in [-0.2, -0.15) is 0 Å². The first kappa shape index (κ1) is 14.5. The molecule has 0 spiro atoms. The molecule has 2 rings (SSSR count). The summed E-state index contributed by atoms with van der Waals surface area (Å²) in [6.07, 6.45) is 4.34. The normalized spacial score (nSPS) is 18.4. The number of hydrogen-bond acceptors (Lipinski definition) is 4. The Labute approximate surface area is 118 Å². The SMILES string of the molecule is CCCC1CC(=O)N(Cc2ccc(C(=O)OC)cn2)C1. The van der Waals surface area contributed by atoms with Crippen molar-refractivity contribution in [1.29, 1.82) is 0 Å². The second-order valence-electron chi connectivity index (χ2n) is 5.16. The Morgan fingerprint density at radius 1 is 1.50 bits per heavy atom. The van der Waals surface area contributed by atoms with Crippen LogP contribution in [0.1, 0.15) is 42.2 Å². The minimum Gasteiger partial charge on any atom is -0.465 e. The van der Waals surface area contributed by atoms with Gasteiger partial charge in [0.1, 0.15) is 0 Å². The molecule has 1 saturated heterocycles. The molecule has 1 aromatic heterocycles. The summed E-state index contributed by atoms with van der Waals surface area (Å²) in [6.45, 7) is 3.47. The molecule has 1 aliphatic heterocycles. The molecular formula is C15H20N2O3. The van der Waals surface area contributed by atoms with Crippen molar-refractivity contribution in [1.82, 2.24) is 9.88 Å². The van der Waals surface area contributed by atoms with Crippen LogP contribution in [-0.2, 0) is 16.1 Å². The van der Waals surface area contributed by atoms with Gasteiger partial charge in [0.15, 0.2) is 0 Å². The van der Waals surface area contributed by atoms with Gasteiger partial charge in [-0.25, -0.2) is 4.79 Å². The molecular weight excluding hydrogens is 256 g/mol. The third kappa shape index (κ3) is 3.35. The second-order valence-corrected chi connectivity index (χ2v) is 5.16. The molecule has 0 aromatic carbocycles. The van der Waals surface area contributed by atoms with Crippen molar-refractivity contribution in [2.24, 2.45) is 5.92 Å². The highest BCUT2D eigenvalue weighted by atomic mass is 16.5. The standard InChI is InChI=1S/C15H20N2O3/c1-3-4-11-7-14(18)17(9-11)10-13-6-5-12(8-16-13)15(19)20-2/h5-6,8,11H,3-4,7,9-10H2,1-2H3. The summed E-state index contributed by atoms with van der Waals surface area (Å²) >= 11 is 0. The minimum absolute atomic E-state index is 0.197. The van der Waals surface area contributed by atoms with Gasteiger partial charge in [-0.05, 0) is 24.5 Å². The molecule has 0 radical (unpaired) electrons. The van der Waals surface area contributed by atoms with Crippen LogP contribution < -0.4 is 0 Å². The molecule has 20 heavy (non-hydrogen) atoms. The topological polar surface area (TPSA) is 59.5 Å². The quantitative estimate of drug-likeness (QED) is 0.772. The van der Waals surface area contributed by atoms with E-state index in [0.717, 1.165) is 25.1 Å². The summed E-state index contributed by atoms with van der Waals surface area (Å²) in [4.78, 5) is 29.3. The van der Waals surface area contributed by atoms with E-state index in [1.807, 2.05) is 4.90 Å². The number of likely N-dealkylation sites (tertiary alicyclic amines) is 1. The summed E-state index contributed by atoms with van der Waals surface area (Å²) in [5.41, 5.74) is 1.22. The van der Waals surface area contributed by atoms with E-state index >= 15 is 0 Å². The van der Waals surface area contributed by atoms with Crippen molar-refractivity contribution in [3.8, 4) is 0 Å². The fourth-order valence-corrected chi connectivity index (χ4v) is 2.56. The Hall–Kier alpha value is -1.91. The van der Waals surface area contributed by atoms with Crippen molar-refractivity contribution in [3.63, 3.8) is 0 Å². The van der Waals surface area contributed by atoms with E-state index in [1.165, 1.54) is 13.3 Å².